The summed E-state index contributed by atoms with van der Waals surface area (Å²) in [6, 6.07) is 3.41. The Morgan fingerprint density at radius 1 is 1.30 bits per heavy atom. The van der Waals surface area contributed by atoms with Crippen LogP contribution >= 0.6 is 0 Å². The van der Waals surface area contributed by atoms with Gasteiger partial charge in [-0.05, 0) is 62.3 Å². The number of rotatable bonds is 6. The maximum atomic E-state index is 12.9. The third kappa shape index (κ3) is 3.15. The number of nitrogens with zero attached hydrogens (tertiary/aromatic N) is 1. The molecule has 1 aromatic carbocycles. The molecule has 1 aliphatic carbocycles. The van der Waals surface area contributed by atoms with Gasteiger partial charge >= 0.3 is 0 Å². The summed E-state index contributed by atoms with van der Waals surface area (Å²) in [5, 5.41) is 0. The Morgan fingerprint density at radius 2 is 1.95 bits per heavy atom. The number of aryl methyl sites for hydroxylation is 1. The molecule has 5 heteroatoms. The van der Waals surface area contributed by atoms with Crippen LogP contribution in [0.2, 0.25) is 0 Å². The predicted molar refractivity (Wildman–Crippen MR) is 82.1 cm³/mol. The van der Waals surface area contributed by atoms with Gasteiger partial charge in [-0.1, -0.05) is 6.92 Å². The first-order valence-electron chi connectivity index (χ1n) is 7.23. The van der Waals surface area contributed by atoms with Gasteiger partial charge in [-0.3, -0.25) is 0 Å². The second-order valence-corrected chi connectivity index (χ2v) is 7.67. The van der Waals surface area contributed by atoms with E-state index in [4.69, 9.17) is 5.73 Å². The van der Waals surface area contributed by atoms with Gasteiger partial charge in [-0.25, -0.2) is 8.42 Å². The van der Waals surface area contributed by atoms with Crippen LogP contribution in [0, 0.1) is 19.8 Å². The average Bonchev–Trinajstić information content (AvgIpc) is 3.17. The number of hydrogen-bond acceptors (Lipinski definition) is 3. The Bertz CT molecular complexity index is 592. The van der Waals surface area contributed by atoms with Crippen molar-refractivity contribution in [1.29, 1.82) is 0 Å². The number of hydrogen-bond donors (Lipinski definition) is 1. The molecule has 0 heterocycles. The zero-order chi connectivity index (χ0) is 14.9. The molecule has 0 aliphatic heterocycles. The van der Waals surface area contributed by atoms with E-state index in [9.17, 15) is 8.42 Å². The molecule has 0 atom stereocenters. The number of benzene rings is 1. The van der Waals surface area contributed by atoms with Gasteiger partial charge in [0.1, 0.15) is 0 Å². The Hall–Kier alpha value is -1.07. The largest absolute Gasteiger partial charge is 0.399 e. The van der Waals surface area contributed by atoms with Crippen molar-refractivity contribution in [3.63, 3.8) is 0 Å². The second kappa shape index (κ2) is 5.74. The lowest BCUT2D eigenvalue weighted by Crippen LogP contribution is -2.34. The highest BCUT2D eigenvalue weighted by Gasteiger charge is 2.32. The molecule has 0 bridgehead atoms. The molecule has 0 spiro atoms. The lowest BCUT2D eigenvalue weighted by molar-refractivity contribution is 0.395. The van der Waals surface area contributed by atoms with Crippen molar-refractivity contribution >= 4 is 15.7 Å². The molecule has 112 valence electrons. The highest BCUT2D eigenvalue weighted by Crippen LogP contribution is 2.33. The summed E-state index contributed by atoms with van der Waals surface area (Å²) in [6.45, 7) is 6.97. The van der Waals surface area contributed by atoms with E-state index in [1.54, 1.807) is 10.4 Å². The summed E-state index contributed by atoms with van der Waals surface area (Å²) in [6.07, 6.45) is 3.11. The van der Waals surface area contributed by atoms with Crippen LogP contribution in [0.5, 0.6) is 0 Å². The number of sulfonamides is 1. The zero-order valence-corrected chi connectivity index (χ0v) is 13.3. The highest BCUT2D eigenvalue weighted by molar-refractivity contribution is 7.89. The Morgan fingerprint density at radius 3 is 2.50 bits per heavy atom. The molecule has 0 amide bonds. The monoisotopic (exact) mass is 296 g/mol. The first kappa shape index (κ1) is 15.3. The molecule has 0 unspecified atom stereocenters. The van der Waals surface area contributed by atoms with Crippen LogP contribution in [0.3, 0.4) is 0 Å². The summed E-state index contributed by atoms with van der Waals surface area (Å²) < 4.78 is 27.4. The molecular weight excluding hydrogens is 272 g/mol. The van der Waals surface area contributed by atoms with E-state index < -0.39 is 10.0 Å². The molecule has 1 aliphatic rings. The lowest BCUT2D eigenvalue weighted by Gasteiger charge is -2.23. The van der Waals surface area contributed by atoms with Crippen molar-refractivity contribution in [2.75, 3.05) is 18.8 Å². The van der Waals surface area contributed by atoms with Crippen LogP contribution in [0.4, 0.5) is 5.69 Å². The van der Waals surface area contributed by atoms with E-state index in [1.165, 1.54) is 0 Å². The van der Waals surface area contributed by atoms with Gasteiger partial charge in [-0.15, -0.1) is 0 Å². The van der Waals surface area contributed by atoms with Gasteiger partial charge in [0.15, 0.2) is 0 Å². The summed E-state index contributed by atoms with van der Waals surface area (Å²) >= 11 is 0. The van der Waals surface area contributed by atoms with E-state index in [-0.39, 0.29) is 0 Å². The number of anilines is 1. The molecule has 0 saturated heterocycles. The van der Waals surface area contributed by atoms with E-state index in [0.29, 0.717) is 29.6 Å². The average molecular weight is 296 g/mol. The van der Waals surface area contributed by atoms with Crippen molar-refractivity contribution < 1.29 is 8.42 Å². The molecule has 20 heavy (non-hydrogen) atoms. The van der Waals surface area contributed by atoms with E-state index >= 15 is 0 Å². The first-order chi connectivity index (χ1) is 9.36. The molecule has 0 aromatic heterocycles. The van der Waals surface area contributed by atoms with Gasteiger partial charge in [0, 0.05) is 18.8 Å². The highest BCUT2D eigenvalue weighted by atomic mass is 32.2. The first-order valence-corrected chi connectivity index (χ1v) is 8.67. The minimum atomic E-state index is -3.44. The SMILES string of the molecule is CCCN(CC1CC1)S(=O)(=O)c1cc(N)cc(C)c1C. The summed E-state index contributed by atoms with van der Waals surface area (Å²) in [5.74, 6) is 0.541. The maximum Gasteiger partial charge on any atom is 0.243 e. The summed E-state index contributed by atoms with van der Waals surface area (Å²) in [4.78, 5) is 0.365. The Balaban J connectivity index is 2.40. The summed E-state index contributed by atoms with van der Waals surface area (Å²) in [7, 11) is -3.44. The van der Waals surface area contributed by atoms with Gasteiger partial charge in [0.25, 0.3) is 0 Å². The van der Waals surface area contributed by atoms with Crippen molar-refractivity contribution in [3.8, 4) is 0 Å². The quantitative estimate of drug-likeness (QED) is 0.821. The smallest absolute Gasteiger partial charge is 0.243 e. The van der Waals surface area contributed by atoms with Crippen molar-refractivity contribution in [3.05, 3.63) is 23.3 Å². The molecule has 1 fully saturated rings. The standard InChI is InChI=1S/C15H24N2O2S/c1-4-7-17(10-13-5-6-13)20(18,19)15-9-14(16)8-11(2)12(15)3/h8-9,13H,4-7,10,16H2,1-3H3. The van der Waals surface area contributed by atoms with E-state index in [0.717, 1.165) is 30.4 Å². The van der Waals surface area contributed by atoms with Crippen LogP contribution in [0.1, 0.15) is 37.3 Å². The Kier molecular flexibility index (Phi) is 4.39. The molecule has 0 radical (unpaired) electrons. The van der Waals surface area contributed by atoms with Crippen molar-refractivity contribution in [1.82, 2.24) is 4.31 Å². The second-order valence-electron chi connectivity index (χ2n) is 5.77. The number of nitrogens with two attached hydrogens (primary N) is 1. The summed E-state index contributed by atoms with van der Waals surface area (Å²) in [5.41, 5.74) is 8.06. The van der Waals surface area contributed by atoms with Crippen LogP contribution < -0.4 is 5.73 Å². The van der Waals surface area contributed by atoms with Crippen LogP contribution in [-0.4, -0.2) is 25.8 Å². The number of nitrogen functional groups attached to an aromatic ring is 1. The minimum Gasteiger partial charge on any atom is -0.399 e. The normalized spacial score (nSPS) is 15.8. The fourth-order valence-corrected chi connectivity index (χ4v) is 4.35. The van der Waals surface area contributed by atoms with Gasteiger partial charge in [0.2, 0.25) is 10.0 Å². The maximum absolute atomic E-state index is 12.9. The topological polar surface area (TPSA) is 63.4 Å². The van der Waals surface area contributed by atoms with Crippen LogP contribution in [0.25, 0.3) is 0 Å². The molecule has 2 N–H and O–H groups in total. The van der Waals surface area contributed by atoms with Crippen LogP contribution in [-0.2, 0) is 10.0 Å². The van der Waals surface area contributed by atoms with Crippen molar-refractivity contribution in [2.24, 2.45) is 5.92 Å². The third-order valence-corrected chi connectivity index (χ3v) is 5.88. The van der Waals surface area contributed by atoms with E-state index in [1.807, 2.05) is 26.8 Å². The third-order valence-electron chi connectivity index (χ3n) is 3.89. The fraction of sp³-hybridized carbons (Fsp3) is 0.600. The molecule has 4 nitrogen and oxygen atoms in total. The van der Waals surface area contributed by atoms with Crippen molar-refractivity contribution in [2.45, 2.75) is 44.9 Å². The van der Waals surface area contributed by atoms with Gasteiger partial charge in [0.05, 0.1) is 4.90 Å². The van der Waals surface area contributed by atoms with Gasteiger partial charge in [-0.2, -0.15) is 4.31 Å². The fourth-order valence-electron chi connectivity index (χ4n) is 2.41. The molecule has 1 aromatic rings. The lowest BCUT2D eigenvalue weighted by atomic mass is 10.1. The van der Waals surface area contributed by atoms with Gasteiger partial charge < -0.3 is 5.73 Å². The molecule has 2 rings (SSSR count). The Labute approximate surface area is 122 Å². The minimum absolute atomic E-state index is 0.365. The molecule has 1 saturated carbocycles. The van der Waals surface area contributed by atoms with E-state index in [2.05, 4.69) is 0 Å². The molecular formula is C15H24N2O2S. The predicted octanol–water partition coefficient (Wildman–Crippen LogP) is 2.70. The van der Waals surface area contributed by atoms with Crippen LogP contribution in [0.15, 0.2) is 17.0 Å². The zero-order valence-electron chi connectivity index (χ0n) is 12.5.